The van der Waals surface area contributed by atoms with Crippen molar-refractivity contribution in [3.63, 3.8) is 0 Å². The van der Waals surface area contributed by atoms with Crippen LogP contribution in [0.4, 0.5) is 0 Å². The molecule has 0 saturated heterocycles. The summed E-state index contributed by atoms with van der Waals surface area (Å²) in [6.07, 6.45) is 1.43. The van der Waals surface area contributed by atoms with Gasteiger partial charge in [-0.15, -0.1) is 0 Å². The Kier molecular flexibility index (Phi) is 5.83. The van der Waals surface area contributed by atoms with Crippen LogP contribution in [0.1, 0.15) is 15.9 Å². The Morgan fingerprint density at radius 2 is 1.62 bits per heavy atom. The molecule has 0 atom stereocenters. The molecular formula is C18H20NO4P. The van der Waals surface area contributed by atoms with Crippen molar-refractivity contribution in [3.8, 4) is 5.75 Å². The third kappa shape index (κ3) is 5.28. The monoisotopic (exact) mass is 345 g/mol. The second-order valence-electron chi connectivity index (χ2n) is 5.42. The first-order chi connectivity index (χ1) is 11.4. The third-order valence-electron chi connectivity index (χ3n) is 3.06. The highest BCUT2D eigenvalue weighted by Gasteiger charge is 2.14. The zero-order valence-corrected chi connectivity index (χ0v) is 14.7. The maximum atomic E-state index is 12.1. The summed E-state index contributed by atoms with van der Waals surface area (Å²) in [7, 11) is -1.21. The molecule has 0 unspecified atom stereocenters. The highest BCUT2D eigenvalue weighted by molar-refractivity contribution is 7.57. The van der Waals surface area contributed by atoms with E-state index in [1.54, 1.807) is 55.6 Å². The number of amides is 1. The Labute approximate surface area is 141 Å². The minimum absolute atomic E-state index is 0.271. The first-order valence-electron chi connectivity index (χ1n) is 7.34. The summed E-state index contributed by atoms with van der Waals surface area (Å²) in [6.45, 7) is 3.03. The van der Waals surface area contributed by atoms with Crippen molar-refractivity contribution in [2.75, 3.05) is 20.4 Å². The van der Waals surface area contributed by atoms with Gasteiger partial charge >= 0.3 is 0 Å². The van der Waals surface area contributed by atoms with Gasteiger partial charge in [0.05, 0.1) is 7.11 Å². The van der Waals surface area contributed by atoms with Gasteiger partial charge in [0.15, 0.2) is 0 Å². The van der Waals surface area contributed by atoms with E-state index in [2.05, 4.69) is 5.32 Å². The van der Waals surface area contributed by atoms with E-state index >= 15 is 0 Å². The topological polar surface area (TPSA) is 64.6 Å². The van der Waals surface area contributed by atoms with Gasteiger partial charge in [-0.2, -0.15) is 0 Å². The lowest BCUT2D eigenvalue weighted by Gasteiger charge is -2.15. The normalized spacial score (nSPS) is 11.7. The summed E-state index contributed by atoms with van der Waals surface area (Å²) in [6, 6.07) is 15.9. The van der Waals surface area contributed by atoms with Gasteiger partial charge in [0, 0.05) is 30.7 Å². The number of hydrogen-bond acceptors (Lipinski definition) is 4. The second kappa shape index (κ2) is 7.84. The van der Waals surface area contributed by atoms with Crippen LogP contribution in [0, 0.1) is 0 Å². The van der Waals surface area contributed by atoms with E-state index < -0.39 is 7.37 Å². The molecule has 0 heterocycles. The molecule has 24 heavy (non-hydrogen) atoms. The standard InChI is InChI=1S/C18H20NO4P/c1-22-16-11-9-14(10-12-16)17(23-24(2,3)21)13-19-18(20)15-7-5-4-6-8-15/h4-13H,1-3H3,(H,19,20). The lowest BCUT2D eigenvalue weighted by atomic mass is 10.2. The van der Waals surface area contributed by atoms with Crippen LogP contribution in [0.3, 0.4) is 0 Å². The lowest BCUT2D eigenvalue weighted by Crippen LogP contribution is -2.17. The van der Waals surface area contributed by atoms with Gasteiger partial charge in [-0.25, -0.2) is 0 Å². The number of nitrogens with one attached hydrogen (secondary N) is 1. The Bertz CT molecular complexity index is 763. The summed E-state index contributed by atoms with van der Waals surface area (Å²) in [5.41, 5.74) is 1.21. The quantitative estimate of drug-likeness (QED) is 0.635. The molecule has 0 saturated carbocycles. The Hall–Kier alpha value is -2.52. The van der Waals surface area contributed by atoms with Gasteiger partial charge in [-0.05, 0) is 36.4 Å². The van der Waals surface area contributed by atoms with Crippen LogP contribution < -0.4 is 10.1 Å². The van der Waals surface area contributed by atoms with Gasteiger partial charge in [-0.3, -0.25) is 9.36 Å². The molecule has 1 amide bonds. The molecule has 0 aliphatic rings. The van der Waals surface area contributed by atoms with Crippen molar-refractivity contribution in [1.29, 1.82) is 0 Å². The number of rotatable bonds is 6. The van der Waals surface area contributed by atoms with Crippen LogP contribution in [-0.2, 0) is 9.09 Å². The molecule has 0 aromatic heterocycles. The van der Waals surface area contributed by atoms with Crippen LogP contribution in [0.25, 0.3) is 5.76 Å². The zero-order valence-electron chi connectivity index (χ0n) is 13.9. The minimum atomic E-state index is -2.79. The molecule has 2 rings (SSSR count). The summed E-state index contributed by atoms with van der Waals surface area (Å²) < 4.78 is 22.7. The Balaban J connectivity index is 2.24. The van der Waals surface area contributed by atoms with Crippen molar-refractivity contribution < 1.29 is 18.6 Å². The number of ether oxygens (including phenoxy) is 1. The molecule has 0 radical (unpaired) electrons. The van der Waals surface area contributed by atoms with Gasteiger partial charge in [-0.1, -0.05) is 18.2 Å². The summed E-state index contributed by atoms with van der Waals surface area (Å²) in [5.74, 6) is 0.755. The smallest absolute Gasteiger partial charge is 0.255 e. The maximum Gasteiger partial charge on any atom is 0.255 e. The van der Waals surface area contributed by atoms with E-state index in [-0.39, 0.29) is 5.91 Å². The molecule has 2 aromatic rings. The van der Waals surface area contributed by atoms with Crippen molar-refractivity contribution >= 4 is 19.0 Å². The van der Waals surface area contributed by atoms with E-state index in [0.29, 0.717) is 22.6 Å². The van der Waals surface area contributed by atoms with Crippen LogP contribution in [0.5, 0.6) is 5.75 Å². The SMILES string of the molecule is COc1ccc(C(=CNC(=O)c2ccccc2)OP(C)(C)=O)cc1. The summed E-state index contributed by atoms with van der Waals surface area (Å²) in [4.78, 5) is 12.1. The molecule has 0 fully saturated rings. The average Bonchev–Trinajstić information content (AvgIpc) is 2.58. The molecular weight excluding hydrogens is 325 g/mol. The summed E-state index contributed by atoms with van der Waals surface area (Å²) >= 11 is 0. The predicted octanol–water partition coefficient (Wildman–Crippen LogP) is 3.98. The fourth-order valence-electron chi connectivity index (χ4n) is 1.96. The van der Waals surface area contributed by atoms with Crippen LogP contribution in [0.15, 0.2) is 60.8 Å². The van der Waals surface area contributed by atoms with E-state index in [9.17, 15) is 9.36 Å². The van der Waals surface area contributed by atoms with Gasteiger partial charge in [0.2, 0.25) is 7.37 Å². The lowest BCUT2D eigenvalue weighted by molar-refractivity contribution is 0.0969. The van der Waals surface area contributed by atoms with Crippen molar-refractivity contribution in [1.82, 2.24) is 5.32 Å². The predicted molar refractivity (Wildman–Crippen MR) is 95.4 cm³/mol. The Morgan fingerprint density at radius 1 is 1.00 bits per heavy atom. The number of hydrogen-bond donors (Lipinski definition) is 1. The fourth-order valence-corrected chi connectivity index (χ4v) is 2.59. The zero-order chi connectivity index (χ0) is 17.6. The van der Waals surface area contributed by atoms with Crippen LogP contribution >= 0.6 is 7.37 Å². The highest BCUT2D eigenvalue weighted by Crippen LogP contribution is 2.42. The first-order valence-corrected chi connectivity index (χ1v) is 9.86. The van der Waals surface area contributed by atoms with Gasteiger partial charge in [0.25, 0.3) is 5.91 Å². The molecule has 0 aliphatic heterocycles. The molecule has 126 valence electrons. The molecule has 0 spiro atoms. The number of benzene rings is 2. The summed E-state index contributed by atoms with van der Waals surface area (Å²) in [5, 5.41) is 2.67. The Morgan fingerprint density at radius 3 is 2.17 bits per heavy atom. The fraction of sp³-hybridized carbons (Fsp3) is 0.167. The first kappa shape index (κ1) is 17.8. The molecule has 2 aromatic carbocycles. The van der Waals surface area contributed by atoms with Crippen molar-refractivity contribution in [2.45, 2.75) is 0 Å². The van der Waals surface area contributed by atoms with E-state index in [1.807, 2.05) is 6.07 Å². The van der Waals surface area contributed by atoms with Gasteiger partial charge < -0.3 is 14.6 Å². The van der Waals surface area contributed by atoms with Gasteiger partial charge in [0.1, 0.15) is 11.5 Å². The molecule has 5 nitrogen and oxygen atoms in total. The average molecular weight is 345 g/mol. The minimum Gasteiger partial charge on any atom is -0.497 e. The van der Waals surface area contributed by atoms with Crippen molar-refractivity contribution in [2.24, 2.45) is 0 Å². The van der Waals surface area contributed by atoms with Crippen molar-refractivity contribution in [3.05, 3.63) is 71.9 Å². The highest BCUT2D eigenvalue weighted by atomic mass is 31.2. The molecule has 0 aliphatic carbocycles. The van der Waals surface area contributed by atoms with Crippen LogP contribution in [0.2, 0.25) is 0 Å². The molecule has 1 N–H and O–H groups in total. The van der Waals surface area contributed by atoms with Crippen LogP contribution in [-0.4, -0.2) is 26.3 Å². The molecule has 6 heteroatoms. The van der Waals surface area contributed by atoms with E-state index in [1.165, 1.54) is 19.5 Å². The molecule has 0 bridgehead atoms. The number of carbonyl (C=O) groups excluding carboxylic acids is 1. The maximum absolute atomic E-state index is 12.1. The van der Waals surface area contributed by atoms with E-state index in [0.717, 1.165) is 0 Å². The second-order valence-corrected chi connectivity index (χ2v) is 8.11. The number of carbonyl (C=O) groups is 1. The third-order valence-corrected chi connectivity index (χ3v) is 3.70. The van der Waals surface area contributed by atoms with E-state index in [4.69, 9.17) is 9.26 Å². The largest absolute Gasteiger partial charge is 0.497 e. The number of methoxy groups -OCH3 is 1.